The number of piperidine rings is 1. The molecule has 0 bridgehead atoms. The zero-order chi connectivity index (χ0) is 38.8. The fourth-order valence-corrected chi connectivity index (χ4v) is 6.97. The molecule has 0 atom stereocenters. The van der Waals surface area contributed by atoms with Crippen LogP contribution in [0.15, 0.2) is 48.9 Å². The van der Waals surface area contributed by atoms with Gasteiger partial charge in [0.1, 0.15) is 0 Å². The van der Waals surface area contributed by atoms with Crippen molar-refractivity contribution in [2.75, 3.05) is 84.3 Å². The second-order valence-corrected chi connectivity index (χ2v) is 14.5. The van der Waals surface area contributed by atoms with Crippen LogP contribution in [0.4, 0.5) is 24.5 Å². The summed E-state index contributed by atoms with van der Waals surface area (Å²) >= 11 is 6.53. The average Bonchev–Trinajstić information content (AvgIpc) is 3.76. The largest absolute Gasteiger partial charge is 0.435 e. The number of anilines is 2. The Morgan fingerprint density at radius 3 is 2.30 bits per heavy atom. The summed E-state index contributed by atoms with van der Waals surface area (Å²) in [5.41, 5.74) is -0.317. The van der Waals surface area contributed by atoms with Crippen LogP contribution in [0.25, 0.3) is 17.1 Å². The zero-order valence-corrected chi connectivity index (χ0v) is 31.2. The molecule has 3 amide bonds. The van der Waals surface area contributed by atoms with Gasteiger partial charge in [-0.2, -0.15) is 18.3 Å². The van der Waals surface area contributed by atoms with Gasteiger partial charge in [0.2, 0.25) is 5.91 Å². The van der Waals surface area contributed by atoms with Crippen molar-refractivity contribution in [3.05, 3.63) is 71.0 Å². The molecular formula is C36H43ClF3N10O4+. The van der Waals surface area contributed by atoms with E-state index in [1.165, 1.54) is 54.5 Å². The Labute approximate surface area is 315 Å². The van der Waals surface area contributed by atoms with Crippen LogP contribution < -0.4 is 10.6 Å². The summed E-state index contributed by atoms with van der Waals surface area (Å²) in [7, 11) is 7.34. The average molecular weight is 772 g/mol. The van der Waals surface area contributed by atoms with E-state index >= 15 is 0 Å². The molecule has 0 radical (unpaired) electrons. The maximum atomic E-state index is 14.2. The number of rotatable bonds is 10. The van der Waals surface area contributed by atoms with E-state index < -0.39 is 17.8 Å². The lowest BCUT2D eigenvalue weighted by molar-refractivity contribution is -0.895. The Morgan fingerprint density at radius 2 is 1.67 bits per heavy atom. The summed E-state index contributed by atoms with van der Waals surface area (Å²) in [6.07, 6.45) is 0.728. The standard InChI is InChI=1S/C36H42ClF3N10O4/c1-46-29(27-22-49(45-31(27)36(38,39)40)30-8-6-25(20-42-30)41-11-18-54-4)21-43-32(46)33(51)44-24-5-7-26(28(37)19-24)35(53)48-14-12-47(13-15-48)34(52)23-9-16-50(2,3)17-10-23/h5-8,19-23,41H,9-18H2,1-4H3/p+1. The summed E-state index contributed by atoms with van der Waals surface area (Å²) in [5.74, 6) is -0.846. The quantitative estimate of drug-likeness (QED) is 0.179. The molecule has 3 aromatic heterocycles. The number of piperazine rings is 1. The van der Waals surface area contributed by atoms with Crippen molar-refractivity contribution in [2.45, 2.75) is 19.0 Å². The first-order valence-electron chi connectivity index (χ1n) is 17.5. The number of likely N-dealkylation sites (tertiary alicyclic amines) is 1. The van der Waals surface area contributed by atoms with Crippen LogP contribution in [0.3, 0.4) is 0 Å². The number of quaternary nitrogens is 1. The first-order chi connectivity index (χ1) is 25.6. The van der Waals surface area contributed by atoms with Gasteiger partial charge >= 0.3 is 6.18 Å². The topological polar surface area (TPSA) is 140 Å². The lowest BCUT2D eigenvalue weighted by Crippen LogP contribution is -2.54. The van der Waals surface area contributed by atoms with Crippen molar-refractivity contribution in [3.63, 3.8) is 0 Å². The van der Waals surface area contributed by atoms with Gasteiger partial charge in [-0.1, -0.05) is 11.6 Å². The molecule has 2 fully saturated rings. The van der Waals surface area contributed by atoms with Gasteiger partial charge in [0.15, 0.2) is 17.3 Å². The van der Waals surface area contributed by atoms with Crippen LogP contribution in [0.2, 0.25) is 5.02 Å². The summed E-state index contributed by atoms with van der Waals surface area (Å²) in [4.78, 5) is 51.7. The molecule has 2 aliphatic heterocycles. The van der Waals surface area contributed by atoms with Gasteiger partial charge in [0, 0.05) is 77.5 Å². The van der Waals surface area contributed by atoms with Gasteiger partial charge in [0.25, 0.3) is 11.8 Å². The molecule has 1 aromatic carbocycles. The molecule has 0 aliphatic carbocycles. The number of aromatic nitrogens is 5. The Hall–Kier alpha value is -5.00. The summed E-state index contributed by atoms with van der Waals surface area (Å²) in [6.45, 7) is 4.56. The number of benzene rings is 1. The highest BCUT2D eigenvalue weighted by Gasteiger charge is 2.39. The number of nitrogens with one attached hydrogen (secondary N) is 2. The van der Waals surface area contributed by atoms with E-state index in [-0.39, 0.29) is 56.9 Å². The highest BCUT2D eigenvalue weighted by atomic mass is 35.5. The molecule has 14 nitrogen and oxygen atoms in total. The van der Waals surface area contributed by atoms with Crippen molar-refractivity contribution >= 4 is 40.7 Å². The number of pyridine rings is 1. The normalized spacial score (nSPS) is 16.4. The van der Waals surface area contributed by atoms with Crippen molar-refractivity contribution in [1.82, 2.24) is 34.1 Å². The SMILES string of the molecule is COCCNc1ccc(-n2cc(-c3cnc(C(=O)Nc4ccc(C(=O)N5CCN(C(=O)C6CC[N+](C)(C)CC6)CC5)c(Cl)c4)n3C)c(C(F)(F)F)n2)nc1. The van der Waals surface area contributed by atoms with Crippen LogP contribution in [-0.2, 0) is 22.8 Å². The zero-order valence-electron chi connectivity index (χ0n) is 30.5. The van der Waals surface area contributed by atoms with Crippen LogP contribution in [0.1, 0.15) is 39.5 Å². The van der Waals surface area contributed by atoms with Gasteiger partial charge in [0.05, 0.1) is 73.7 Å². The van der Waals surface area contributed by atoms with Crippen LogP contribution in [0.5, 0.6) is 0 Å². The number of methoxy groups -OCH3 is 1. The Morgan fingerprint density at radius 1 is 0.981 bits per heavy atom. The molecule has 4 aromatic rings. The lowest BCUT2D eigenvalue weighted by Gasteiger charge is -2.40. The van der Waals surface area contributed by atoms with Crippen molar-refractivity contribution < 1.29 is 36.8 Å². The first-order valence-corrected chi connectivity index (χ1v) is 17.9. The number of carbonyl (C=O) groups is 3. The smallest absolute Gasteiger partial charge is 0.383 e. The fraction of sp³-hybridized carbons (Fsp3) is 0.444. The molecule has 2 saturated heterocycles. The van der Waals surface area contributed by atoms with E-state index in [0.29, 0.717) is 45.0 Å². The second kappa shape index (κ2) is 15.8. The number of hydrogen-bond acceptors (Lipinski definition) is 8. The van der Waals surface area contributed by atoms with E-state index in [2.05, 4.69) is 39.8 Å². The van der Waals surface area contributed by atoms with Gasteiger partial charge in [-0.25, -0.2) is 14.6 Å². The minimum absolute atomic E-state index is 0.000655. The second-order valence-electron chi connectivity index (χ2n) is 14.1. The van der Waals surface area contributed by atoms with E-state index in [1.807, 2.05) is 4.90 Å². The number of nitrogens with zero attached hydrogens (tertiary/aromatic N) is 8. The van der Waals surface area contributed by atoms with Crippen molar-refractivity contribution in [2.24, 2.45) is 13.0 Å². The van der Waals surface area contributed by atoms with Gasteiger partial charge in [-0.3, -0.25) is 14.4 Å². The third kappa shape index (κ3) is 8.53. The van der Waals surface area contributed by atoms with E-state index in [4.69, 9.17) is 16.3 Å². The maximum Gasteiger partial charge on any atom is 0.435 e. The van der Waals surface area contributed by atoms with Crippen molar-refractivity contribution in [3.8, 4) is 17.1 Å². The Bertz CT molecular complexity index is 2000. The minimum Gasteiger partial charge on any atom is -0.383 e. The van der Waals surface area contributed by atoms with Gasteiger partial charge in [-0.15, -0.1) is 0 Å². The molecular weight excluding hydrogens is 729 g/mol. The molecule has 2 aliphatic rings. The van der Waals surface area contributed by atoms with Crippen LogP contribution >= 0.6 is 11.6 Å². The molecule has 54 heavy (non-hydrogen) atoms. The van der Waals surface area contributed by atoms with Crippen LogP contribution in [0, 0.1) is 5.92 Å². The monoisotopic (exact) mass is 771 g/mol. The van der Waals surface area contributed by atoms with E-state index in [1.54, 1.807) is 18.1 Å². The van der Waals surface area contributed by atoms with Crippen molar-refractivity contribution in [1.29, 1.82) is 0 Å². The highest BCUT2D eigenvalue weighted by molar-refractivity contribution is 6.34. The fourth-order valence-electron chi connectivity index (χ4n) is 6.71. The number of amides is 3. The minimum atomic E-state index is -4.82. The Balaban J connectivity index is 1.10. The predicted molar refractivity (Wildman–Crippen MR) is 195 cm³/mol. The number of carbonyl (C=O) groups excluding carboxylic acids is 3. The summed E-state index contributed by atoms with van der Waals surface area (Å²) in [5, 5.41) is 9.63. The molecule has 0 spiro atoms. The maximum absolute atomic E-state index is 14.2. The number of imidazole rings is 1. The molecule has 0 saturated carbocycles. The van der Waals surface area contributed by atoms with Crippen LogP contribution in [-0.4, -0.2) is 130 Å². The van der Waals surface area contributed by atoms with E-state index in [0.717, 1.165) is 35.1 Å². The number of alkyl halides is 3. The van der Waals surface area contributed by atoms with Gasteiger partial charge in [-0.05, 0) is 30.3 Å². The summed E-state index contributed by atoms with van der Waals surface area (Å²) < 4.78 is 50.7. The third-order valence-corrected chi connectivity index (χ3v) is 10.2. The lowest BCUT2D eigenvalue weighted by atomic mass is 9.94. The van der Waals surface area contributed by atoms with E-state index in [9.17, 15) is 27.6 Å². The molecule has 5 heterocycles. The highest BCUT2D eigenvalue weighted by Crippen LogP contribution is 2.37. The molecule has 6 rings (SSSR count). The Kier molecular flexibility index (Phi) is 11.3. The first kappa shape index (κ1) is 38.7. The summed E-state index contributed by atoms with van der Waals surface area (Å²) in [6, 6.07) is 7.64. The molecule has 288 valence electrons. The van der Waals surface area contributed by atoms with Gasteiger partial charge < -0.3 is 34.2 Å². The molecule has 18 heteroatoms. The molecule has 2 N–H and O–H groups in total. The predicted octanol–water partition coefficient (Wildman–Crippen LogP) is 4.42. The third-order valence-electron chi connectivity index (χ3n) is 9.92. The number of hydrogen-bond donors (Lipinski definition) is 2. The number of halogens is 4. The number of ether oxygens (including phenoxy) is 1. The molecule has 0 unspecified atom stereocenters.